The number of nitrogens with one attached hydrogen (secondary N) is 1. The van der Waals surface area contributed by atoms with E-state index in [0.29, 0.717) is 32.1 Å². The smallest absolute Gasteiger partial charge is 0.302 e. The van der Waals surface area contributed by atoms with E-state index in [1.165, 1.54) is 13.3 Å². The number of H-pyrrole nitrogens is 1. The van der Waals surface area contributed by atoms with Gasteiger partial charge in [0.1, 0.15) is 36.8 Å². The van der Waals surface area contributed by atoms with Crippen molar-refractivity contribution < 1.29 is 19.0 Å². The molecule has 9 heteroatoms. The van der Waals surface area contributed by atoms with Gasteiger partial charge in [-0.1, -0.05) is 6.92 Å². The number of fused-ring (bicyclic) bond motifs is 1. The normalized spacial score (nSPS) is 10.9. The molecule has 3 aromatic rings. The average Bonchev–Trinajstić information content (AvgIpc) is 3.16. The number of esters is 1. The van der Waals surface area contributed by atoms with Crippen LogP contribution in [0, 0.1) is 0 Å². The first kappa shape index (κ1) is 21.5. The molecule has 0 aliphatic carbocycles. The van der Waals surface area contributed by atoms with Gasteiger partial charge in [-0.05, 0) is 24.6 Å². The maximum atomic E-state index is 11.1. The number of rotatable bonds is 11. The standard InChI is InChI=1S/C21H27N5O4/c1-4-7-26(8-9-29-15(2)27)20-13-19(22-14-23-20)21-17-12-16(30-11-10-28-3)5-6-18(17)24-25-21/h5-6,12-14H,4,7-11H2,1-3H3,(H,24,25). The first-order valence-electron chi connectivity index (χ1n) is 9.93. The van der Waals surface area contributed by atoms with Gasteiger partial charge >= 0.3 is 5.97 Å². The SMILES string of the molecule is CCCN(CCOC(C)=O)c1cc(-c2n[nH]c3ccc(OCCOC)cc23)ncn1. The van der Waals surface area contributed by atoms with Gasteiger partial charge in [0.05, 0.1) is 24.4 Å². The van der Waals surface area contributed by atoms with E-state index in [1.54, 1.807) is 7.11 Å². The summed E-state index contributed by atoms with van der Waals surface area (Å²) in [5.41, 5.74) is 2.32. The number of carbonyl (C=O) groups is 1. The summed E-state index contributed by atoms with van der Waals surface area (Å²) in [6, 6.07) is 7.66. The van der Waals surface area contributed by atoms with Crippen molar-refractivity contribution in [2.45, 2.75) is 20.3 Å². The summed E-state index contributed by atoms with van der Waals surface area (Å²) in [7, 11) is 1.64. The van der Waals surface area contributed by atoms with Gasteiger partial charge in [-0.3, -0.25) is 9.89 Å². The van der Waals surface area contributed by atoms with Crippen molar-refractivity contribution in [3.63, 3.8) is 0 Å². The van der Waals surface area contributed by atoms with Crippen LogP contribution >= 0.6 is 0 Å². The predicted octanol–water partition coefficient (Wildman–Crippen LogP) is 2.82. The molecule has 0 atom stereocenters. The van der Waals surface area contributed by atoms with Crippen molar-refractivity contribution in [3.05, 3.63) is 30.6 Å². The van der Waals surface area contributed by atoms with E-state index in [4.69, 9.17) is 14.2 Å². The Morgan fingerprint density at radius 2 is 2.00 bits per heavy atom. The van der Waals surface area contributed by atoms with E-state index in [2.05, 4.69) is 32.0 Å². The molecular weight excluding hydrogens is 386 g/mol. The number of benzene rings is 1. The van der Waals surface area contributed by atoms with Gasteiger partial charge in [0.15, 0.2) is 0 Å². The van der Waals surface area contributed by atoms with Crippen molar-refractivity contribution in [3.8, 4) is 17.1 Å². The molecule has 0 bridgehead atoms. The fourth-order valence-electron chi connectivity index (χ4n) is 3.08. The lowest BCUT2D eigenvalue weighted by Crippen LogP contribution is -2.29. The molecule has 0 aliphatic rings. The van der Waals surface area contributed by atoms with Crippen LogP contribution in [0.2, 0.25) is 0 Å². The van der Waals surface area contributed by atoms with Crippen LogP contribution in [0.5, 0.6) is 5.75 Å². The molecule has 0 saturated carbocycles. The summed E-state index contributed by atoms with van der Waals surface area (Å²) >= 11 is 0. The summed E-state index contributed by atoms with van der Waals surface area (Å²) in [5, 5.41) is 8.40. The zero-order chi connectivity index (χ0) is 21.3. The summed E-state index contributed by atoms with van der Waals surface area (Å²) in [4.78, 5) is 22.0. The van der Waals surface area contributed by atoms with Crippen molar-refractivity contribution >= 4 is 22.7 Å². The highest BCUT2D eigenvalue weighted by molar-refractivity contribution is 5.93. The zero-order valence-electron chi connectivity index (χ0n) is 17.6. The number of nitrogens with zero attached hydrogens (tertiary/aromatic N) is 4. The van der Waals surface area contributed by atoms with Gasteiger partial charge < -0.3 is 19.1 Å². The van der Waals surface area contributed by atoms with Crippen LogP contribution in [0.25, 0.3) is 22.3 Å². The highest BCUT2D eigenvalue weighted by atomic mass is 16.5. The Hall–Kier alpha value is -3.20. The summed E-state index contributed by atoms with van der Waals surface area (Å²) in [5.74, 6) is 1.21. The minimum absolute atomic E-state index is 0.290. The van der Waals surface area contributed by atoms with Gasteiger partial charge in [-0.2, -0.15) is 5.10 Å². The molecule has 1 aromatic carbocycles. The molecule has 2 aromatic heterocycles. The summed E-state index contributed by atoms with van der Waals surface area (Å²) in [6.45, 7) is 6.14. The number of anilines is 1. The zero-order valence-corrected chi connectivity index (χ0v) is 17.6. The molecule has 160 valence electrons. The van der Waals surface area contributed by atoms with Gasteiger partial charge in [-0.25, -0.2) is 9.97 Å². The molecule has 9 nitrogen and oxygen atoms in total. The van der Waals surface area contributed by atoms with Crippen LogP contribution in [-0.4, -0.2) is 66.2 Å². The van der Waals surface area contributed by atoms with E-state index in [-0.39, 0.29) is 5.97 Å². The average molecular weight is 413 g/mol. The third-order valence-corrected chi connectivity index (χ3v) is 4.47. The summed E-state index contributed by atoms with van der Waals surface area (Å²) < 4.78 is 15.8. The number of aromatic nitrogens is 4. The molecule has 0 aliphatic heterocycles. The fourth-order valence-corrected chi connectivity index (χ4v) is 3.08. The minimum atomic E-state index is -0.290. The largest absolute Gasteiger partial charge is 0.491 e. The Labute approximate surface area is 175 Å². The molecular formula is C21H27N5O4. The number of ether oxygens (including phenoxy) is 3. The topological polar surface area (TPSA) is 102 Å². The van der Waals surface area contributed by atoms with Crippen molar-refractivity contribution in [2.24, 2.45) is 0 Å². The van der Waals surface area contributed by atoms with E-state index in [9.17, 15) is 4.79 Å². The molecule has 0 radical (unpaired) electrons. The summed E-state index contributed by atoms with van der Waals surface area (Å²) in [6.07, 6.45) is 2.46. The molecule has 0 saturated heterocycles. The quantitative estimate of drug-likeness (QED) is 0.378. The van der Waals surface area contributed by atoms with Crippen molar-refractivity contribution in [1.29, 1.82) is 0 Å². The maximum absolute atomic E-state index is 11.1. The number of methoxy groups -OCH3 is 1. The Morgan fingerprint density at radius 1 is 1.13 bits per heavy atom. The number of carbonyl (C=O) groups excluding carboxylic acids is 1. The van der Waals surface area contributed by atoms with Crippen molar-refractivity contribution in [1.82, 2.24) is 20.2 Å². The molecule has 0 unspecified atom stereocenters. The highest BCUT2D eigenvalue weighted by Gasteiger charge is 2.14. The van der Waals surface area contributed by atoms with E-state index >= 15 is 0 Å². The highest BCUT2D eigenvalue weighted by Crippen LogP contribution is 2.29. The Kier molecular flexibility index (Phi) is 7.56. The molecule has 30 heavy (non-hydrogen) atoms. The lowest BCUT2D eigenvalue weighted by molar-refractivity contribution is -0.140. The monoisotopic (exact) mass is 413 g/mol. The Balaban J connectivity index is 1.85. The number of hydrogen-bond donors (Lipinski definition) is 1. The first-order valence-corrected chi connectivity index (χ1v) is 9.93. The number of hydrogen-bond acceptors (Lipinski definition) is 8. The van der Waals surface area contributed by atoms with Crippen molar-refractivity contribution in [2.75, 3.05) is 44.9 Å². The number of aromatic amines is 1. The van der Waals surface area contributed by atoms with Gasteiger partial charge in [-0.15, -0.1) is 0 Å². The molecule has 3 rings (SSSR count). The van der Waals surface area contributed by atoms with Crippen LogP contribution in [0.3, 0.4) is 0 Å². The van der Waals surface area contributed by atoms with Gasteiger partial charge in [0, 0.05) is 32.0 Å². The van der Waals surface area contributed by atoms with Crippen LogP contribution in [-0.2, 0) is 14.3 Å². The van der Waals surface area contributed by atoms with Crippen LogP contribution < -0.4 is 9.64 Å². The second-order valence-corrected chi connectivity index (χ2v) is 6.71. The van der Waals surface area contributed by atoms with Crippen LogP contribution in [0.4, 0.5) is 5.82 Å². The molecule has 1 N–H and O–H groups in total. The van der Waals surface area contributed by atoms with E-state index < -0.39 is 0 Å². The molecule has 0 fully saturated rings. The third kappa shape index (κ3) is 5.44. The predicted molar refractivity (Wildman–Crippen MR) is 114 cm³/mol. The first-order chi connectivity index (χ1) is 14.6. The molecule has 2 heterocycles. The van der Waals surface area contributed by atoms with Gasteiger partial charge in [0.25, 0.3) is 0 Å². The van der Waals surface area contributed by atoms with Gasteiger partial charge in [0.2, 0.25) is 0 Å². The van der Waals surface area contributed by atoms with Crippen LogP contribution in [0.1, 0.15) is 20.3 Å². The fraction of sp³-hybridized carbons (Fsp3) is 0.429. The second-order valence-electron chi connectivity index (χ2n) is 6.71. The third-order valence-electron chi connectivity index (χ3n) is 4.47. The second kappa shape index (κ2) is 10.5. The van der Waals surface area contributed by atoms with E-state index in [0.717, 1.165) is 41.1 Å². The maximum Gasteiger partial charge on any atom is 0.302 e. The lowest BCUT2D eigenvalue weighted by Gasteiger charge is -2.23. The lowest BCUT2D eigenvalue weighted by atomic mass is 10.1. The Bertz CT molecular complexity index is 975. The van der Waals surface area contributed by atoms with E-state index in [1.807, 2.05) is 24.3 Å². The molecule has 0 spiro atoms. The Morgan fingerprint density at radius 3 is 2.77 bits per heavy atom. The van der Waals surface area contributed by atoms with Crippen LogP contribution in [0.15, 0.2) is 30.6 Å². The minimum Gasteiger partial charge on any atom is -0.491 e. The molecule has 0 amide bonds.